The standard InChI is InChI=1S/C11H17NS/c1-9(2)12-6-3-4-11(12)10-5-7-13-8-10/h5,7-9,11H,3-4,6H2,1-2H3/t11-/m1/s1. The fourth-order valence-corrected chi connectivity index (χ4v) is 2.94. The number of nitrogens with zero attached hydrogens (tertiary/aromatic N) is 1. The summed E-state index contributed by atoms with van der Waals surface area (Å²) in [6, 6.07) is 3.66. The Morgan fingerprint density at radius 2 is 2.38 bits per heavy atom. The van der Waals surface area contributed by atoms with Crippen molar-refractivity contribution in [1.29, 1.82) is 0 Å². The van der Waals surface area contributed by atoms with E-state index in [9.17, 15) is 0 Å². The molecule has 1 atom stereocenters. The molecule has 1 aliphatic heterocycles. The van der Waals surface area contributed by atoms with Crippen LogP contribution in [-0.2, 0) is 0 Å². The van der Waals surface area contributed by atoms with E-state index in [2.05, 4.69) is 35.6 Å². The maximum Gasteiger partial charge on any atom is 0.0359 e. The molecule has 1 aromatic heterocycles. The van der Waals surface area contributed by atoms with E-state index in [4.69, 9.17) is 0 Å². The van der Waals surface area contributed by atoms with Gasteiger partial charge in [-0.2, -0.15) is 11.3 Å². The predicted octanol–water partition coefficient (Wildman–Crippen LogP) is 3.29. The van der Waals surface area contributed by atoms with Crippen molar-refractivity contribution in [3.63, 3.8) is 0 Å². The molecule has 72 valence electrons. The highest BCUT2D eigenvalue weighted by atomic mass is 32.1. The summed E-state index contributed by atoms with van der Waals surface area (Å²) in [5.41, 5.74) is 1.52. The molecule has 0 unspecified atom stereocenters. The second kappa shape index (κ2) is 3.81. The van der Waals surface area contributed by atoms with Gasteiger partial charge in [0, 0.05) is 12.1 Å². The van der Waals surface area contributed by atoms with E-state index in [0.29, 0.717) is 12.1 Å². The van der Waals surface area contributed by atoms with Crippen LogP contribution in [-0.4, -0.2) is 17.5 Å². The molecule has 2 heteroatoms. The molecule has 0 spiro atoms. The van der Waals surface area contributed by atoms with Gasteiger partial charge in [-0.05, 0) is 55.6 Å². The quantitative estimate of drug-likeness (QED) is 0.700. The molecule has 0 saturated carbocycles. The van der Waals surface area contributed by atoms with Crippen molar-refractivity contribution in [2.45, 2.75) is 38.8 Å². The van der Waals surface area contributed by atoms with Gasteiger partial charge in [-0.3, -0.25) is 4.90 Å². The fraction of sp³-hybridized carbons (Fsp3) is 0.636. The van der Waals surface area contributed by atoms with Gasteiger partial charge in [-0.25, -0.2) is 0 Å². The van der Waals surface area contributed by atoms with Gasteiger partial charge in [0.2, 0.25) is 0 Å². The predicted molar refractivity (Wildman–Crippen MR) is 58.1 cm³/mol. The molecule has 1 nitrogen and oxygen atoms in total. The number of likely N-dealkylation sites (tertiary alicyclic amines) is 1. The topological polar surface area (TPSA) is 3.24 Å². The van der Waals surface area contributed by atoms with Crippen molar-refractivity contribution >= 4 is 11.3 Å². The van der Waals surface area contributed by atoms with Crippen LogP contribution >= 0.6 is 11.3 Å². The highest BCUT2D eigenvalue weighted by molar-refractivity contribution is 7.07. The van der Waals surface area contributed by atoms with Gasteiger partial charge in [0.15, 0.2) is 0 Å². The zero-order chi connectivity index (χ0) is 9.26. The zero-order valence-electron chi connectivity index (χ0n) is 8.36. The van der Waals surface area contributed by atoms with E-state index in [1.165, 1.54) is 24.9 Å². The third-order valence-electron chi connectivity index (χ3n) is 2.89. The lowest BCUT2D eigenvalue weighted by Crippen LogP contribution is -2.29. The molecule has 0 bridgehead atoms. The number of hydrogen-bond donors (Lipinski definition) is 0. The maximum atomic E-state index is 2.61. The van der Waals surface area contributed by atoms with Gasteiger partial charge in [-0.15, -0.1) is 0 Å². The van der Waals surface area contributed by atoms with Crippen LogP contribution in [0.15, 0.2) is 16.8 Å². The van der Waals surface area contributed by atoms with E-state index >= 15 is 0 Å². The van der Waals surface area contributed by atoms with Crippen LogP contribution in [0.1, 0.15) is 38.3 Å². The molecule has 13 heavy (non-hydrogen) atoms. The molecule has 1 aliphatic rings. The summed E-state index contributed by atoms with van der Waals surface area (Å²) in [6.07, 6.45) is 2.70. The van der Waals surface area contributed by atoms with Crippen molar-refractivity contribution in [3.8, 4) is 0 Å². The van der Waals surface area contributed by atoms with Crippen molar-refractivity contribution in [1.82, 2.24) is 4.90 Å². The molecule has 0 N–H and O–H groups in total. The molecular weight excluding hydrogens is 178 g/mol. The van der Waals surface area contributed by atoms with E-state index in [-0.39, 0.29) is 0 Å². The Labute approximate surface area is 84.4 Å². The van der Waals surface area contributed by atoms with Gasteiger partial charge in [0.05, 0.1) is 0 Å². The SMILES string of the molecule is CC(C)N1CCC[C@@H]1c1ccsc1. The summed E-state index contributed by atoms with van der Waals surface area (Å²) in [5.74, 6) is 0. The Kier molecular flexibility index (Phi) is 2.70. The first-order chi connectivity index (χ1) is 6.29. The molecule has 1 saturated heterocycles. The van der Waals surface area contributed by atoms with Crippen molar-refractivity contribution in [2.75, 3.05) is 6.54 Å². The smallest absolute Gasteiger partial charge is 0.0359 e. The summed E-state index contributed by atoms with van der Waals surface area (Å²) in [4.78, 5) is 2.61. The average Bonchev–Trinajstić information content (AvgIpc) is 2.74. The first-order valence-electron chi connectivity index (χ1n) is 5.07. The first kappa shape index (κ1) is 9.22. The lowest BCUT2D eigenvalue weighted by molar-refractivity contribution is 0.206. The Morgan fingerprint density at radius 1 is 1.54 bits per heavy atom. The van der Waals surface area contributed by atoms with Gasteiger partial charge in [0.25, 0.3) is 0 Å². The summed E-state index contributed by atoms with van der Waals surface area (Å²) in [5, 5.41) is 4.48. The minimum atomic E-state index is 0.687. The molecule has 2 rings (SSSR count). The molecule has 1 aromatic rings. The molecule has 2 heterocycles. The van der Waals surface area contributed by atoms with Crippen LogP contribution in [0.2, 0.25) is 0 Å². The van der Waals surface area contributed by atoms with E-state index in [0.717, 1.165) is 0 Å². The van der Waals surface area contributed by atoms with Crippen LogP contribution in [0.3, 0.4) is 0 Å². The molecule has 0 amide bonds. The van der Waals surface area contributed by atoms with Gasteiger partial charge in [-0.1, -0.05) is 0 Å². The Balaban J connectivity index is 2.14. The summed E-state index contributed by atoms with van der Waals surface area (Å²) >= 11 is 1.81. The summed E-state index contributed by atoms with van der Waals surface area (Å²) < 4.78 is 0. The highest BCUT2D eigenvalue weighted by Crippen LogP contribution is 2.34. The van der Waals surface area contributed by atoms with Crippen LogP contribution in [0.4, 0.5) is 0 Å². The van der Waals surface area contributed by atoms with Crippen molar-refractivity contribution in [2.24, 2.45) is 0 Å². The van der Waals surface area contributed by atoms with Gasteiger partial charge in [0.1, 0.15) is 0 Å². The van der Waals surface area contributed by atoms with Crippen LogP contribution < -0.4 is 0 Å². The van der Waals surface area contributed by atoms with Gasteiger partial charge >= 0.3 is 0 Å². The molecule has 0 radical (unpaired) electrons. The second-order valence-corrected chi connectivity index (χ2v) is 4.83. The van der Waals surface area contributed by atoms with Crippen LogP contribution in [0, 0.1) is 0 Å². The molecule has 0 aromatic carbocycles. The van der Waals surface area contributed by atoms with E-state index in [1.54, 1.807) is 0 Å². The molecule has 1 fully saturated rings. The first-order valence-corrected chi connectivity index (χ1v) is 6.01. The monoisotopic (exact) mass is 195 g/mol. The number of thiophene rings is 1. The third-order valence-corrected chi connectivity index (χ3v) is 3.59. The fourth-order valence-electron chi connectivity index (χ4n) is 2.23. The molecular formula is C11H17NS. The third kappa shape index (κ3) is 1.79. The summed E-state index contributed by atoms with van der Waals surface area (Å²) in [6.45, 7) is 5.87. The lowest BCUT2D eigenvalue weighted by Gasteiger charge is -2.27. The van der Waals surface area contributed by atoms with Crippen molar-refractivity contribution in [3.05, 3.63) is 22.4 Å². The number of hydrogen-bond acceptors (Lipinski definition) is 2. The largest absolute Gasteiger partial charge is 0.294 e. The number of rotatable bonds is 2. The van der Waals surface area contributed by atoms with Crippen LogP contribution in [0.25, 0.3) is 0 Å². The van der Waals surface area contributed by atoms with E-state index in [1.807, 2.05) is 11.3 Å². The van der Waals surface area contributed by atoms with Gasteiger partial charge < -0.3 is 0 Å². The minimum absolute atomic E-state index is 0.687. The highest BCUT2D eigenvalue weighted by Gasteiger charge is 2.27. The Morgan fingerprint density at radius 3 is 3.00 bits per heavy atom. The minimum Gasteiger partial charge on any atom is -0.294 e. The van der Waals surface area contributed by atoms with E-state index < -0.39 is 0 Å². The Hall–Kier alpha value is -0.340. The maximum absolute atomic E-state index is 2.61. The summed E-state index contributed by atoms with van der Waals surface area (Å²) in [7, 11) is 0. The second-order valence-electron chi connectivity index (χ2n) is 4.05. The average molecular weight is 195 g/mol. The van der Waals surface area contributed by atoms with Crippen molar-refractivity contribution < 1.29 is 0 Å². The van der Waals surface area contributed by atoms with Crippen LogP contribution in [0.5, 0.6) is 0 Å². The lowest BCUT2D eigenvalue weighted by atomic mass is 10.1. The zero-order valence-corrected chi connectivity index (χ0v) is 9.18. The molecule has 0 aliphatic carbocycles. The Bertz CT molecular complexity index is 253. The normalized spacial score (nSPS) is 24.4.